The average Bonchev–Trinajstić information content (AvgIpc) is 2.46. The summed E-state index contributed by atoms with van der Waals surface area (Å²) in [6.45, 7) is 0.465. The van der Waals surface area contributed by atoms with Crippen molar-refractivity contribution in [1.29, 1.82) is 0 Å². The molecule has 0 spiro atoms. The van der Waals surface area contributed by atoms with Crippen LogP contribution in [0.15, 0.2) is 46.9 Å². The lowest BCUT2D eigenvalue weighted by Crippen LogP contribution is -2.26. The van der Waals surface area contributed by atoms with Crippen LogP contribution in [0.25, 0.3) is 0 Å². The van der Waals surface area contributed by atoms with Crippen LogP contribution < -0.4 is 4.74 Å². The Hall–Kier alpha value is -1.52. The van der Waals surface area contributed by atoms with Crippen LogP contribution in [0.2, 0.25) is 5.02 Å². The number of halogens is 2. The molecule has 0 fully saturated rings. The zero-order chi connectivity index (χ0) is 15.4. The zero-order valence-electron chi connectivity index (χ0n) is 11.8. The Balaban J connectivity index is 2.19. The molecule has 3 nitrogen and oxygen atoms in total. The third-order valence-corrected chi connectivity index (χ3v) is 3.73. The van der Waals surface area contributed by atoms with E-state index >= 15 is 0 Å². The first kappa shape index (κ1) is 15.9. The van der Waals surface area contributed by atoms with Gasteiger partial charge in [0.2, 0.25) is 0 Å². The molecule has 0 aliphatic rings. The number of para-hydroxylation sites is 1. The molecular formula is C16H15BrClNO2. The van der Waals surface area contributed by atoms with E-state index in [1.54, 1.807) is 37.3 Å². The second-order valence-corrected chi connectivity index (χ2v) is 5.98. The van der Waals surface area contributed by atoms with Crippen molar-refractivity contribution in [2.45, 2.75) is 6.54 Å². The number of rotatable bonds is 4. The van der Waals surface area contributed by atoms with Gasteiger partial charge in [0.15, 0.2) is 0 Å². The van der Waals surface area contributed by atoms with Gasteiger partial charge in [-0.2, -0.15) is 0 Å². The third kappa shape index (κ3) is 3.99. The molecular weight excluding hydrogens is 354 g/mol. The number of benzene rings is 2. The van der Waals surface area contributed by atoms with Crippen LogP contribution in [0.4, 0.5) is 0 Å². The molecule has 0 heterocycles. The summed E-state index contributed by atoms with van der Waals surface area (Å²) in [6.07, 6.45) is 0. The van der Waals surface area contributed by atoms with E-state index < -0.39 is 0 Å². The molecule has 0 aliphatic carbocycles. The van der Waals surface area contributed by atoms with Crippen molar-refractivity contribution >= 4 is 33.4 Å². The van der Waals surface area contributed by atoms with Crippen molar-refractivity contribution in [3.8, 4) is 5.75 Å². The van der Waals surface area contributed by atoms with Crippen molar-refractivity contribution in [2.75, 3.05) is 14.2 Å². The van der Waals surface area contributed by atoms with Gasteiger partial charge in [-0.25, -0.2) is 0 Å². The molecule has 2 aromatic rings. The van der Waals surface area contributed by atoms with E-state index in [0.717, 1.165) is 15.8 Å². The fourth-order valence-corrected chi connectivity index (χ4v) is 2.92. The molecule has 0 N–H and O–H groups in total. The number of carbonyl (C=O) groups is 1. The molecule has 2 rings (SSSR count). The lowest BCUT2D eigenvalue weighted by molar-refractivity contribution is 0.0784. The molecule has 0 bridgehead atoms. The highest BCUT2D eigenvalue weighted by molar-refractivity contribution is 9.10. The number of amides is 1. The first-order valence-corrected chi connectivity index (χ1v) is 7.52. The van der Waals surface area contributed by atoms with Crippen molar-refractivity contribution < 1.29 is 9.53 Å². The van der Waals surface area contributed by atoms with E-state index in [2.05, 4.69) is 15.9 Å². The Morgan fingerprint density at radius 2 is 2.00 bits per heavy atom. The largest absolute Gasteiger partial charge is 0.496 e. The van der Waals surface area contributed by atoms with Gasteiger partial charge < -0.3 is 9.64 Å². The van der Waals surface area contributed by atoms with Crippen molar-refractivity contribution in [3.05, 3.63) is 63.1 Å². The van der Waals surface area contributed by atoms with E-state index in [0.29, 0.717) is 17.1 Å². The first-order valence-electron chi connectivity index (χ1n) is 6.34. The van der Waals surface area contributed by atoms with Crippen LogP contribution >= 0.6 is 27.5 Å². The van der Waals surface area contributed by atoms with Crippen LogP contribution in [0.3, 0.4) is 0 Å². The number of hydrogen-bond donors (Lipinski definition) is 0. The molecule has 0 saturated heterocycles. The van der Waals surface area contributed by atoms with Gasteiger partial charge in [-0.3, -0.25) is 4.79 Å². The molecule has 0 saturated carbocycles. The Morgan fingerprint density at radius 1 is 1.29 bits per heavy atom. The molecule has 1 amide bonds. The lowest BCUT2D eigenvalue weighted by atomic mass is 10.1. The normalized spacial score (nSPS) is 10.3. The lowest BCUT2D eigenvalue weighted by Gasteiger charge is -2.19. The summed E-state index contributed by atoms with van der Waals surface area (Å²) in [5.41, 5.74) is 1.50. The van der Waals surface area contributed by atoms with Crippen molar-refractivity contribution in [1.82, 2.24) is 4.90 Å². The van der Waals surface area contributed by atoms with E-state index in [-0.39, 0.29) is 5.91 Å². The molecule has 0 unspecified atom stereocenters. The minimum Gasteiger partial charge on any atom is -0.496 e. The third-order valence-electron chi connectivity index (χ3n) is 3.06. The van der Waals surface area contributed by atoms with Crippen molar-refractivity contribution in [2.24, 2.45) is 0 Å². The summed E-state index contributed by atoms with van der Waals surface area (Å²) in [5.74, 6) is 0.675. The SMILES string of the molecule is COc1ccccc1CN(C)C(=O)c1cc(Cl)cc(Br)c1. The highest BCUT2D eigenvalue weighted by Gasteiger charge is 2.15. The van der Waals surface area contributed by atoms with Gasteiger partial charge in [0.05, 0.1) is 7.11 Å². The highest BCUT2D eigenvalue weighted by atomic mass is 79.9. The fraction of sp³-hybridized carbons (Fsp3) is 0.188. The number of nitrogens with zero attached hydrogens (tertiary/aromatic N) is 1. The standard InChI is InChI=1S/C16H15BrClNO2/c1-19(10-11-5-3-4-6-15(11)21-2)16(20)12-7-13(17)9-14(18)8-12/h3-9H,10H2,1-2H3. The molecule has 0 aliphatic heterocycles. The monoisotopic (exact) mass is 367 g/mol. The van der Waals surface area contributed by atoms with Crippen LogP contribution in [-0.4, -0.2) is 25.0 Å². The van der Waals surface area contributed by atoms with E-state index in [4.69, 9.17) is 16.3 Å². The van der Waals surface area contributed by atoms with E-state index in [1.165, 1.54) is 0 Å². The summed E-state index contributed by atoms with van der Waals surface area (Å²) < 4.78 is 6.08. The van der Waals surface area contributed by atoms with Gasteiger partial charge in [-0.15, -0.1) is 0 Å². The Bertz CT molecular complexity index is 640. The number of hydrogen-bond acceptors (Lipinski definition) is 2. The van der Waals surface area contributed by atoms with Gasteiger partial charge in [-0.1, -0.05) is 45.7 Å². The van der Waals surface area contributed by atoms with Crippen LogP contribution in [-0.2, 0) is 6.54 Å². The highest BCUT2D eigenvalue weighted by Crippen LogP contribution is 2.22. The van der Waals surface area contributed by atoms with Crippen molar-refractivity contribution in [3.63, 3.8) is 0 Å². The predicted octanol–water partition coefficient (Wildman–Crippen LogP) is 4.38. The minimum atomic E-state index is -0.0934. The number of carbonyl (C=O) groups excluding carboxylic acids is 1. The summed E-state index contributed by atoms with van der Waals surface area (Å²) in [6, 6.07) is 12.8. The molecule has 21 heavy (non-hydrogen) atoms. The Kier molecular flexibility index (Phi) is 5.26. The quantitative estimate of drug-likeness (QED) is 0.801. The summed E-state index contributed by atoms with van der Waals surface area (Å²) >= 11 is 9.33. The minimum absolute atomic E-state index is 0.0934. The zero-order valence-corrected chi connectivity index (χ0v) is 14.1. The molecule has 2 aromatic carbocycles. The predicted molar refractivity (Wildman–Crippen MR) is 87.9 cm³/mol. The molecule has 0 radical (unpaired) electrons. The summed E-state index contributed by atoms with van der Waals surface area (Å²) in [4.78, 5) is 14.1. The fourth-order valence-electron chi connectivity index (χ4n) is 2.06. The van der Waals surface area contributed by atoms with E-state index in [1.807, 2.05) is 24.3 Å². The Morgan fingerprint density at radius 3 is 2.67 bits per heavy atom. The maximum atomic E-state index is 12.5. The molecule has 5 heteroatoms. The number of ether oxygens (including phenoxy) is 1. The van der Waals surface area contributed by atoms with Crippen LogP contribution in [0.1, 0.15) is 15.9 Å². The topological polar surface area (TPSA) is 29.5 Å². The summed E-state index contributed by atoms with van der Waals surface area (Å²) in [7, 11) is 3.37. The second-order valence-electron chi connectivity index (χ2n) is 4.63. The smallest absolute Gasteiger partial charge is 0.253 e. The van der Waals surface area contributed by atoms with Gasteiger partial charge >= 0.3 is 0 Å². The molecule has 0 aromatic heterocycles. The van der Waals surface area contributed by atoms with Gasteiger partial charge in [0.1, 0.15) is 5.75 Å². The Labute approximate surface area is 137 Å². The number of methoxy groups -OCH3 is 1. The van der Waals surface area contributed by atoms with E-state index in [9.17, 15) is 4.79 Å². The second kappa shape index (κ2) is 6.96. The maximum absolute atomic E-state index is 12.5. The average molecular weight is 369 g/mol. The van der Waals surface area contributed by atoms with Gasteiger partial charge in [0.25, 0.3) is 5.91 Å². The van der Waals surface area contributed by atoms with Crippen LogP contribution in [0.5, 0.6) is 5.75 Å². The molecule has 0 atom stereocenters. The summed E-state index contributed by atoms with van der Waals surface area (Å²) in [5, 5.41) is 0.526. The maximum Gasteiger partial charge on any atom is 0.253 e. The van der Waals surface area contributed by atoms with Gasteiger partial charge in [0, 0.05) is 34.2 Å². The first-order chi connectivity index (χ1) is 10.0. The van der Waals surface area contributed by atoms with Gasteiger partial charge in [-0.05, 0) is 24.3 Å². The molecule has 110 valence electrons. The van der Waals surface area contributed by atoms with Crippen LogP contribution in [0, 0.1) is 0 Å².